The van der Waals surface area contributed by atoms with Gasteiger partial charge in [-0.1, -0.05) is 17.7 Å². The van der Waals surface area contributed by atoms with Gasteiger partial charge < -0.3 is 9.64 Å². The molecule has 31 heavy (non-hydrogen) atoms. The van der Waals surface area contributed by atoms with E-state index in [1.807, 2.05) is 24.3 Å². The number of rotatable bonds is 7. The van der Waals surface area contributed by atoms with Crippen LogP contribution in [0.15, 0.2) is 64.5 Å². The predicted octanol–water partition coefficient (Wildman–Crippen LogP) is 5.63. The Bertz CT molecular complexity index is 956. The number of H-pyrrole nitrogens is 1. The van der Waals surface area contributed by atoms with E-state index in [0.717, 1.165) is 78.2 Å². The van der Waals surface area contributed by atoms with Crippen molar-refractivity contribution in [3.05, 3.63) is 59.5 Å². The summed E-state index contributed by atoms with van der Waals surface area (Å²) in [7, 11) is 0. The first-order valence-electron chi connectivity index (χ1n) is 11.3. The van der Waals surface area contributed by atoms with Crippen LogP contribution in [0.5, 0.6) is 5.75 Å². The third kappa shape index (κ3) is 5.04. The molecule has 1 unspecified atom stereocenters. The minimum atomic E-state index is 0.734. The minimum Gasteiger partial charge on any atom is -0.494 e. The molecule has 1 N–H and O–H groups in total. The number of hydrogen-bond donors (Lipinski definition) is 1. The summed E-state index contributed by atoms with van der Waals surface area (Å²) in [5.74, 6) is 4.60. The average Bonchev–Trinajstić information content (AvgIpc) is 3.43. The van der Waals surface area contributed by atoms with Crippen LogP contribution >= 0.6 is 11.6 Å². The van der Waals surface area contributed by atoms with Gasteiger partial charge in [-0.3, -0.25) is 5.10 Å². The first kappa shape index (κ1) is 20.4. The van der Waals surface area contributed by atoms with Gasteiger partial charge in [-0.15, -0.1) is 0 Å². The quantitative estimate of drug-likeness (QED) is 0.611. The molecule has 2 fully saturated rings. The van der Waals surface area contributed by atoms with Crippen LogP contribution in [-0.2, 0) is 0 Å². The SMILES string of the molecule is ClC1=CCC=C(N2CCC(C3C[C@@H]3CCOc3ccc(-c4ccn[nH]4)cc3)CC2)N=C1. The first-order chi connectivity index (χ1) is 15.3. The third-order valence-corrected chi connectivity index (χ3v) is 7.06. The number of nitrogens with zero attached hydrogens (tertiary/aromatic N) is 3. The van der Waals surface area contributed by atoms with Crippen molar-refractivity contribution in [1.29, 1.82) is 0 Å². The summed E-state index contributed by atoms with van der Waals surface area (Å²) in [5, 5.41) is 7.73. The van der Waals surface area contributed by atoms with E-state index in [0.29, 0.717) is 0 Å². The van der Waals surface area contributed by atoms with E-state index < -0.39 is 0 Å². The Kier molecular flexibility index (Phi) is 6.12. The molecule has 1 saturated carbocycles. The number of aromatic nitrogens is 2. The Morgan fingerprint density at radius 1 is 1.10 bits per heavy atom. The number of ether oxygens (including phenoxy) is 1. The number of likely N-dealkylation sites (tertiary alicyclic amines) is 1. The molecule has 2 aromatic rings. The highest BCUT2D eigenvalue weighted by molar-refractivity contribution is 6.39. The van der Waals surface area contributed by atoms with Crippen LogP contribution in [-0.4, -0.2) is 41.0 Å². The summed E-state index contributed by atoms with van der Waals surface area (Å²) in [6.45, 7) is 3.01. The van der Waals surface area contributed by atoms with Gasteiger partial charge in [0.25, 0.3) is 0 Å². The molecule has 2 atom stereocenters. The molecule has 6 heteroatoms. The highest BCUT2D eigenvalue weighted by Gasteiger charge is 2.43. The monoisotopic (exact) mass is 436 g/mol. The van der Waals surface area contributed by atoms with Crippen molar-refractivity contribution in [3.8, 4) is 17.0 Å². The molecule has 1 aliphatic carbocycles. The normalized spacial score (nSPS) is 23.8. The molecule has 0 amide bonds. The fraction of sp³-hybridized carbons (Fsp3) is 0.440. The zero-order valence-electron chi connectivity index (χ0n) is 17.7. The van der Waals surface area contributed by atoms with E-state index in [-0.39, 0.29) is 0 Å². The maximum absolute atomic E-state index is 6.07. The largest absolute Gasteiger partial charge is 0.494 e. The summed E-state index contributed by atoms with van der Waals surface area (Å²) in [6, 6.07) is 10.2. The topological polar surface area (TPSA) is 53.5 Å². The van der Waals surface area contributed by atoms with Gasteiger partial charge in [-0.25, -0.2) is 4.99 Å². The van der Waals surface area contributed by atoms with Gasteiger partial charge in [0, 0.05) is 25.5 Å². The van der Waals surface area contributed by atoms with Crippen molar-refractivity contribution in [3.63, 3.8) is 0 Å². The number of piperidine rings is 1. The number of benzene rings is 1. The van der Waals surface area contributed by atoms with Crippen molar-refractivity contribution >= 4 is 17.8 Å². The van der Waals surface area contributed by atoms with Crippen molar-refractivity contribution < 1.29 is 4.74 Å². The second-order valence-corrected chi connectivity index (χ2v) is 9.20. The van der Waals surface area contributed by atoms with E-state index >= 15 is 0 Å². The van der Waals surface area contributed by atoms with E-state index in [4.69, 9.17) is 16.3 Å². The Labute approximate surface area is 188 Å². The van der Waals surface area contributed by atoms with Crippen molar-refractivity contribution in [2.75, 3.05) is 19.7 Å². The summed E-state index contributed by atoms with van der Waals surface area (Å²) in [4.78, 5) is 6.98. The summed E-state index contributed by atoms with van der Waals surface area (Å²) in [5.41, 5.74) is 2.16. The molecule has 3 aliphatic rings. The second kappa shape index (κ2) is 9.31. The predicted molar refractivity (Wildman–Crippen MR) is 125 cm³/mol. The molecule has 0 spiro atoms. The highest BCUT2D eigenvalue weighted by atomic mass is 35.5. The molecule has 0 radical (unpaired) electrons. The van der Waals surface area contributed by atoms with Crippen LogP contribution in [0.1, 0.15) is 32.1 Å². The van der Waals surface area contributed by atoms with Gasteiger partial charge in [0.1, 0.15) is 11.6 Å². The van der Waals surface area contributed by atoms with Crippen LogP contribution < -0.4 is 4.74 Å². The molecule has 5 nitrogen and oxygen atoms in total. The Balaban J connectivity index is 1.03. The van der Waals surface area contributed by atoms with E-state index in [2.05, 4.69) is 38.3 Å². The molecule has 1 saturated heterocycles. The summed E-state index contributed by atoms with van der Waals surface area (Å²) < 4.78 is 6.01. The zero-order chi connectivity index (χ0) is 21.0. The Morgan fingerprint density at radius 2 is 1.94 bits per heavy atom. The lowest BCUT2D eigenvalue weighted by molar-refractivity contribution is 0.200. The van der Waals surface area contributed by atoms with Gasteiger partial charge >= 0.3 is 0 Å². The average molecular weight is 437 g/mol. The summed E-state index contributed by atoms with van der Waals surface area (Å²) in [6.07, 6.45) is 13.7. The maximum atomic E-state index is 6.07. The van der Waals surface area contributed by atoms with Crippen molar-refractivity contribution in [1.82, 2.24) is 15.1 Å². The zero-order valence-corrected chi connectivity index (χ0v) is 18.5. The van der Waals surface area contributed by atoms with Crippen LogP contribution in [0, 0.1) is 17.8 Å². The fourth-order valence-corrected chi connectivity index (χ4v) is 5.07. The Hall–Kier alpha value is -2.53. The van der Waals surface area contributed by atoms with Crippen molar-refractivity contribution in [2.45, 2.75) is 32.1 Å². The molecular weight excluding hydrogens is 408 g/mol. The van der Waals surface area contributed by atoms with Gasteiger partial charge in [0.2, 0.25) is 0 Å². The van der Waals surface area contributed by atoms with Gasteiger partial charge in [-0.05, 0) is 91.8 Å². The molecule has 162 valence electrons. The van der Waals surface area contributed by atoms with Crippen LogP contribution in [0.25, 0.3) is 11.3 Å². The number of aromatic amines is 1. The molecule has 1 aromatic carbocycles. The Morgan fingerprint density at radius 3 is 2.71 bits per heavy atom. The maximum Gasteiger partial charge on any atom is 0.124 e. The molecule has 1 aromatic heterocycles. The van der Waals surface area contributed by atoms with E-state index in [9.17, 15) is 0 Å². The fourth-order valence-electron chi connectivity index (χ4n) is 4.93. The highest BCUT2D eigenvalue weighted by Crippen LogP contribution is 2.50. The van der Waals surface area contributed by atoms with Crippen LogP contribution in [0.4, 0.5) is 0 Å². The minimum absolute atomic E-state index is 0.734. The molecule has 3 heterocycles. The third-order valence-electron chi connectivity index (χ3n) is 6.80. The number of hydrogen-bond acceptors (Lipinski definition) is 4. The molecule has 5 rings (SSSR count). The number of nitrogens with one attached hydrogen (secondary N) is 1. The molecular formula is C25H29ClN4O. The van der Waals surface area contributed by atoms with Gasteiger partial charge in [0.05, 0.1) is 17.3 Å². The van der Waals surface area contributed by atoms with E-state index in [1.54, 1.807) is 12.4 Å². The summed E-state index contributed by atoms with van der Waals surface area (Å²) >= 11 is 6.07. The smallest absolute Gasteiger partial charge is 0.124 e. The van der Waals surface area contributed by atoms with Gasteiger partial charge in [0.15, 0.2) is 0 Å². The second-order valence-electron chi connectivity index (χ2n) is 8.76. The number of halogens is 1. The lowest BCUT2D eigenvalue weighted by Crippen LogP contribution is -2.33. The number of allylic oxidation sites excluding steroid dienone is 3. The lowest BCUT2D eigenvalue weighted by Gasteiger charge is -2.34. The number of aliphatic imine (C=N–C) groups is 1. The first-order valence-corrected chi connectivity index (χ1v) is 11.7. The molecule has 0 bridgehead atoms. The van der Waals surface area contributed by atoms with Crippen LogP contribution in [0.3, 0.4) is 0 Å². The van der Waals surface area contributed by atoms with Gasteiger partial charge in [-0.2, -0.15) is 5.10 Å². The van der Waals surface area contributed by atoms with Crippen LogP contribution in [0.2, 0.25) is 0 Å². The van der Waals surface area contributed by atoms with E-state index in [1.165, 1.54) is 19.3 Å². The van der Waals surface area contributed by atoms with Crippen molar-refractivity contribution in [2.24, 2.45) is 22.7 Å². The standard InChI is InChI=1S/C25H29ClN4O/c26-21-2-1-3-25(27-17-21)30-13-9-18(10-14-30)23-16-20(23)11-15-31-22-6-4-19(5-7-22)24-8-12-28-29-24/h2-8,12,17-18,20,23H,1,9-11,13-16H2,(H,28,29)/t20-,23?/m0/s1. The molecule has 2 aliphatic heterocycles. The lowest BCUT2D eigenvalue weighted by atomic mass is 9.90.